The number of nitrogens with zero attached hydrogens (tertiary/aromatic N) is 2. The summed E-state index contributed by atoms with van der Waals surface area (Å²) in [6.07, 6.45) is 2.05. The molecular formula is C21H26F3N3O2. The Hall–Kier alpha value is -2.35. The maximum Gasteiger partial charge on any atom is 0.416 e. The van der Waals surface area contributed by atoms with Gasteiger partial charge >= 0.3 is 6.18 Å². The van der Waals surface area contributed by atoms with Gasteiger partial charge in [-0.1, -0.05) is 43.9 Å². The Kier molecular flexibility index (Phi) is 6.95. The highest BCUT2D eigenvalue weighted by Gasteiger charge is 2.33. The SMILES string of the molecule is COCCn1ccc(NC(=O)C(CC2CCCC2)c2cccc(C(F)(F)F)c2)n1. The van der Waals surface area contributed by atoms with E-state index in [1.54, 1.807) is 30.1 Å². The first kappa shape index (κ1) is 21.4. The van der Waals surface area contributed by atoms with Crippen LogP contribution in [0.5, 0.6) is 0 Å². The standard InChI is InChI=1S/C21H26F3N3O2/c1-29-12-11-27-10-9-19(26-27)25-20(28)18(13-15-5-2-3-6-15)16-7-4-8-17(14-16)21(22,23)24/h4,7-10,14-15,18H,2-3,5-6,11-13H2,1H3,(H,25,26,28). The fourth-order valence-electron chi connectivity index (χ4n) is 3.86. The average Bonchev–Trinajstić information content (AvgIpc) is 3.35. The number of halogens is 3. The molecule has 0 aliphatic heterocycles. The Morgan fingerprint density at radius 1 is 1.31 bits per heavy atom. The van der Waals surface area contributed by atoms with Crippen LogP contribution >= 0.6 is 0 Å². The number of carbonyl (C=O) groups is 1. The van der Waals surface area contributed by atoms with Crippen molar-refractivity contribution in [3.05, 3.63) is 47.7 Å². The number of methoxy groups -OCH3 is 1. The van der Waals surface area contributed by atoms with Gasteiger partial charge in [-0.3, -0.25) is 9.48 Å². The van der Waals surface area contributed by atoms with Crippen LogP contribution in [-0.2, 0) is 22.3 Å². The van der Waals surface area contributed by atoms with E-state index in [1.165, 1.54) is 6.07 Å². The summed E-state index contributed by atoms with van der Waals surface area (Å²) in [7, 11) is 1.59. The zero-order valence-electron chi connectivity index (χ0n) is 16.4. The topological polar surface area (TPSA) is 56.1 Å². The van der Waals surface area contributed by atoms with Gasteiger partial charge in [0, 0.05) is 19.4 Å². The second kappa shape index (κ2) is 9.43. The number of aromatic nitrogens is 2. The number of alkyl halides is 3. The summed E-state index contributed by atoms with van der Waals surface area (Å²) in [6, 6.07) is 6.77. The van der Waals surface area contributed by atoms with Gasteiger partial charge in [0.2, 0.25) is 5.91 Å². The number of carbonyl (C=O) groups excluding carboxylic acids is 1. The lowest BCUT2D eigenvalue weighted by Crippen LogP contribution is -2.24. The molecular weight excluding hydrogens is 383 g/mol. The molecule has 1 N–H and O–H groups in total. The molecule has 5 nitrogen and oxygen atoms in total. The Bertz CT molecular complexity index is 813. The normalized spacial score (nSPS) is 16.1. The van der Waals surface area contributed by atoms with E-state index in [0.29, 0.717) is 36.9 Å². The highest BCUT2D eigenvalue weighted by atomic mass is 19.4. The van der Waals surface area contributed by atoms with Crippen LogP contribution in [0.15, 0.2) is 36.5 Å². The third-order valence-corrected chi connectivity index (χ3v) is 5.39. The molecule has 1 aliphatic carbocycles. The van der Waals surface area contributed by atoms with Crippen LogP contribution in [0.4, 0.5) is 19.0 Å². The van der Waals surface area contributed by atoms with E-state index in [0.717, 1.165) is 37.8 Å². The molecule has 1 saturated carbocycles. The fraction of sp³-hybridized carbons (Fsp3) is 0.524. The van der Waals surface area contributed by atoms with Crippen molar-refractivity contribution < 1.29 is 22.7 Å². The lowest BCUT2D eigenvalue weighted by atomic mass is 9.86. The molecule has 1 aliphatic rings. The zero-order chi connectivity index (χ0) is 20.9. The molecule has 0 bridgehead atoms. The van der Waals surface area contributed by atoms with Gasteiger partial charge in [-0.25, -0.2) is 0 Å². The molecule has 0 radical (unpaired) electrons. The highest BCUT2D eigenvalue weighted by molar-refractivity contribution is 5.95. The summed E-state index contributed by atoms with van der Waals surface area (Å²) in [6.45, 7) is 1.04. The van der Waals surface area contributed by atoms with Crippen molar-refractivity contribution in [2.45, 2.75) is 50.7 Å². The Balaban J connectivity index is 1.79. The van der Waals surface area contributed by atoms with Gasteiger partial charge in [0.25, 0.3) is 0 Å². The molecule has 1 aromatic heterocycles. The molecule has 3 rings (SSSR count). The maximum atomic E-state index is 13.2. The molecule has 1 amide bonds. The van der Waals surface area contributed by atoms with Gasteiger partial charge in [-0.15, -0.1) is 0 Å². The third-order valence-electron chi connectivity index (χ3n) is 5.39. The van der Waals surface area contributed by atoms with Crippen molar-refractivity contribution in [2.75, 3.05) is 19.0 Å². The van der Waals surface area contributed by atoms with E-state index in [2.05, 4.69) is 10.4 Å². The predicted octanol–water partition coefficient (Wildman–Crippen LogP) is 4.85. The third kappa shape index (κ3) is 5.82. The van der Waals surface area contributed by atoms with Crippen LogP contribution in [0.25, 0.3) is 0 Å². The number of ether oxygens (including phenoxy) is 1. The number of amides is 1. The molecule has 0 saturated heterocycles. The average molecular weight is 409 g/mol. The lowest BCUT2D eigenvalue weighted by Gasteiger charge is -2.21. The molecule has 1 fully saturated rings. The van der Waals surface area contributed by atoms with Gasteiger partial charge in [0.1, 0.15) is 0 Å². The summed E-state index contributed by atoms with van der Waals surface area (Å²) >= 11 is 0. The Morgan fingerprint density at radius 2 is 2.07 bits per heavy atom. The quantitative estimate of drug-likeness (QED) is 0.678. The number of nitrogens with one attached hydrogen (secondary N) is 1. The van der Waals surface area contributed by atoms with Crippen LogP contribution in [0.1, 0.15) is 49.1 Å². The number of rotatable bonds is 8. The molecule has 158 valence electrons. The number of benzene rings is 1. The van der Waals surface area contributed by atoms with Gasteiger partial charge in [-0.05, 0) is 24.0 Å². The van der Waals surface area contributed by atoms with Gasteiger partial charge < -0.3 is 10.1 Å². The monoisotopic (exact) mass is 409 g/mol. The van der Waals surface area contributed by atoms with Crippen LogP contribution in [-0.4, -0.2) is 29.4 Å². The molecule has 1 atom stereocenters. The van der Waals surface area contributed by atoms with E-state index in [-0.39, 0.29) is 5.91 Å². The maximum absolute atomic E-state index is 13.2. The smallest absolute Gasteiger partial charge is 0.383 e. The highest BCUT2D eigenvalue weighted by Crippen LogP contribution is 2.37. The fourth-order valence-corrected chi connectivity index (χ4v) is 3.86. The van der Waals surface area contributed by atoms with Gasteiger partial charge in [0.05, 0.1) is 24.6 Å². The van der Waals surface area contributed by atoms with Crippen LogP contribution in [0.3, 0.4) is 0 Å². The summed E-state index contributed by atoms with van der Waals surface area (Å²) in [5.74, 6) is -0.244. The zero-order valence-corrected chi connectivity index (χ0v) is 16.4. The van der Waals surface area contributed by atoms with E-state index in [9.17, 15) is 18.0 Å². The minimum absolute atomic E-state index is 0.326. The van der Waals surface area contributed by atoms with Crippen molar-refractivity contribution in [3.8, 4) is 0 Å². The molecule has 1 unspecified atom stereocenters. The summed E-state index contributed by atoms with van der Waals surface area (Å²) in [4.78, 5) is 13.0. The minimum atomic E-state index is -4.44. The first-order chi connectivity index (χ1) is 13.9. The molecule has 2 aromatic rings. The summed E-state index contributed by atoms with van der Waals surface area (Å²) in [5, 5.41) is 7.05. The van der Waals surface area contributed by atoms with E-state index in [1.807, 2.05) is 0 Å². The molecule has 8 heteroatoms. The second-order valence-electron chi connectivity index (χ2n) is 7.51. The van der Waals surface area contributed by atoms with Crippen molar-refractivity contribution >= 4 is 11.7 Å². The van der Waals surface area contributed by atoms with Gasteiger partial charge in [-0.2, -0.15) is 18.3 Å². The first-order valence-electron chi connectivity index (χ1n) is 9.87. The molecule has 0 spiro atoms. The number of hydrogen-bond acceptors (Lipinski definition) is 3. The molecule has 29 heavy (non-hydrogen) atoms. The Labute approximate surface area is 168 Å². The second-order valence-corrected chi connectivity index (χ2v) is 7.51. The number of hydrogen-bond donors (Lipinski definition) is 1. The first-order valence-corrected chi connectivity index (χ1v) is 9.87. The Morgan fingerprint density at radius 3 is 2.76 bits per heavy atom. The van der Waals surface area contributed by atoms with E-state index < -0.39 is 17.7 Å². The molecule has 1 aromatic carbocycles. The van der Waals surface area contributed by atoms with E-state index >= 15 is 0 Å². The summed E-state index contributed by atoms with van der Waals surface area (Å²) in [5.41, 5.74) is -0.342. The predicted molar refractivity (Wildman–Crippen MR) is 103 cm³/mol. The van der Waals surface area contributed by atoms with E-state index in [4.69, 9.17) is 4.74 Å². The van der Waals surface area contributed by atoms with Crippen molar-refractivity contribution in [3.63, 3.8) is 0 Å². The summed E-state index contributed by atoms with van der Waals surface area (Å²) < 4.78 is 46.1. The lowest BCUT2D eigenvalue weighted by molar-refractivity contribution is -0.137. The largest absolute Gasteiger partial charge is 0.416 e. The van der Waals surface area contributed by atoms with Gasteiger partial charge in [0.15, 0.2) is 5.82 Å². The van der Waals surface area contributed by atoms with Crippen molar-refractivity contribution in [2.24, 2.45) is 5.92 Å². The minimum Gasteiger partial charge on any atom is -0.383 e. The molecule has 1 heterocycles. The van der Waals surface area contributed by atoms with Crippen LogP contribution in [0, 0.1) is 5.92 Å². The van der Waals surface area contributed by atoms with Crippen LogP contribution < -0.4 is 5.32 Å². The van der Waals surface area contributed by atoms with Crippen LogP contribution in [0.2, 0.25) is 0 Å². The van der Waals surface area contributed by atoms with Crippen molar-refractivity contribution in [1.29, 1.82) is 0 Å². The van der Waals surface area contributed by atoms with Crippen molar-refractivity contribution in [1.82, 2.24) is 9.78 Å². The number of anilines is 1.